The van der Waals surface area contributed by atoms with Gasteiger partial charge in [-0.05, 0) is 24.8 Å². The molecule has 3 rings (SSSR count). The van der Waals surface area contributed by atoms with E-state index in [9.17, 15) is 9.59 Å². The molecule has 0 aliphatic carbocycles. The average molecular weight is 218 g/mol. The van der Waals surface area contributed by atoms with Gasteiger partial charge in [0.15, 0.2) is 0 Å². The number of carbonyl (C=O) groups is 1. The zero-order chi connectivity index (χ0) is 11.1. The van der Waals surface area contributed by atoms with Gasteiger partial charge in [0.1, 0.15) is 0 Å². The molecule has 2 bridgehead atoms. The van der Waals surface area contributed by atoms with Crippen LogP contribution in [0.15, 0.2) is 23.0 Å². The van der Waals surface area contributed by atoms with Crippen LogP contribution in [0.3, 0.4) is 0 Å². The van der Waals surface area contributed by atoms with Crippen molar-refractivity contribution in [1.82, 2.24) is 9.47 Å². The van der Waals surface area contributed by atoms with Crippen molar-refractivity contribution < 1.29 is 4.79 Å². The van der Waals surface area contributed by atoms with Crippen LogP contribution in [0.1, 0.15) is 18.2 Å². The Hall–Kier alpha value is -1.58. The first-order valence-corrected chi connectivity index (χ1v) is 5.67. The summed E-state index contributed by atoms with van der Waals surface area (Å²) >= 11 is 0. The molecule has 1 fully saturated rings. The summed E-state index contributed by atoms with van der Waals surface area (Å²) in [6.45, 7) is 1.51. The van der Waals surface area contributed by atoms with Gasteiger partial charge in [0.05, 0.1) is 6.04 Å². The van der Waals surface area contributed by atoms with Crippen molar-refractivity contribution in [3.8, 4) is 0 Å². The van der Waals surface area contributed by atoms with Gasteiger partial charge in [0, 0.05) is 24.8 Å². The quantitative estimate of drug-likeness (QED) is 0.641. The Bertz CT molecular complexity index is 480. The SMILES string of the molecule is O=CN1C[C@H]2Cc3cccc(=O)n3[C@@H](C2)C1. The van der Waals surface area contributed by atoms with Crippen LogP contribution in [0, 0.1) is 5.92 Å². The van der Waals surface area contributed by atoms with Crippen LogP contribution in [0.4, 0.5) is 0 Å². The molecule has 2 aliphatic heterocycles. The van der Waals surface area contributed by atoms with E-state index >= 15 is 0 Å². The molecule has 84 valence electrons. The molecular weight excluding hydrogens is 204 g/mol. The number of hydrogen-bond acceptors (Lipinski definition) is 2. The lowest BCUT2D eigenvalue weighted by atomic mass is 9.86. The van der Waals surface area contributed by atoms with Gasteiger partial charge in [-0.1, -0.05) is 6.07 Å². The van der Waals surface area contributed by atoms with Crippen LogP contribution in [0.2, 0.25) is 0 Å². The number of pyridine rings is 1. The van der Waals surface area contributed by atoms with Gasteiger partial charge >= 0.3 is 0 Å². The Balaban J connectivity index is 2.06. The minimum Gasteiger partial charge on any atom is -0.343 e. The van der Waals surface area contributed by atoms with Gasteiger partial charge in [0.25, 0.3) is 5.56 Å². The highest BCUT2D eigenvalue weighted by atomic mass is 16.1. The monoisotopic (exact) mass is 218 g/mol. The van der Waals surface area contributed by atoms with E-state index in [4.69, 9.17) is 0 Å². The third-order valence-corrected chi connectivity index (χ3v) is 3.63. The first kappa shape index (κ1) is 9.63. The zero-order valence-electron chi connectivity index (χ0n) is 9.00. The molecule has 4 nitrogen and oxygen atoms in total. The summed E-state index contributed by atoms with van der Waals surface area (Å²) in [6, 6.07) is 5.63. The Morgan fingerprint density at radius 1 is 1.31 bits per heavy atom. The summed E-state index contributed by atoms with van der Waals surface area (Å²) in [4.78, 5) is 24.4. The van der Waals surface area contributed by atoms with Crippen molar-refractivity contribution >= 4 is 6.41 Å². The highest BCUT2D eigenvalue weighted by Crippen LogP contribution is 2.32. The van der Waals surface area contributed by atoms with Crippen LogP contribution < -0.4 is 5.56 Å². The van der Waals surface area contributed by atoms with Gasteiger partial charge in [-0.3, -0.25) is 9.59 Å². The van der Waals surface area contributed by atoms with Gasteiger partial charge in [-0.15, -0.1) is 0 Å². The lowest BCUT2D eigenvalue weighted by molar-refractivity contribution is -0.121. The molecule has 0 N–H and O–H groups in total. The molecule has 0 spiro atoms. The number of hydrogen-bond donors (Lipinski definition) is 0. The molecule has 2 atom stereocenters. The van der Waals surface area contributed by atoms with Crippen molar-refractivity contribution in [2.24, 2.45) is 5.92 Å². The van der Waals surface area contributed by atoms with E-state index in [1.807, 2.05) is 16.7 Å². The normalized spacial score (nSPS) is 27.4. The summed E-state index contributed by atoms with van der Waals surface area (Å²) in [7, 11) is 0. The molecule has 1 amide bonds. The number of nitrogens with zero attached hydrogens (tertiary/aromatic N) is 2. The van der Waals surface area contributed by atoms with E-state index in [-0.39, 0.29) is 11.6 Å². The Morgan fingerprint density at radius 3 is 3.00 bits per heavy atom. The molecule has 0 saturated carbocycles. The summed E-state index contributed by atoms with van der Waals surface area (Å²) in [5.74, 6) is 0.519. The fraction of sp³-hybridized carbons (Fsp3) is 0.500. The highest BCUT2D eigenvalue weighted by Gasteiger charge is 2.33. The van der Waals surface area contributed by atoms with E-state index < -0.39 is 0 Å². The Labute approximate surface area is 93.5 Å². The molecular formula is C12H14N2O2. The van der Waals surface area contributed by atoms with Gasteiger partial charge in [0.2, 0.25) is 6.41 Å². The number of fused-ring (bicyclic) bond motifs is 4. The predicted molar refractivity (Wildman–Crippen MR) is 59.2 cm³/mol. The molecule has 2 aliphatic rings. The van der Waals surface area contributed by atoms with E-state index in [2.05, 4.69) is 0 Å². The molecule has 4 heteroatoms. The second kappa shape index (κ2) is 3.47. The number of rotatable bonds is 1. The molecule has 0 unspecified atom stereocenters. The standard InChI is InChI=1S/C12H14N2O2/c15-8-13-6-9-4-10-2-1-3-12(16)14(10)11(5-9)7-13/h1-3,8-9,11H,4-7H2/t9-,11-/m0/s1. The van der Waals surface area contributed by atoms with Crippen LogP contribution in [0.25, 0.3) is 0 Å². The first-order valence-electron chi connectivity index (χ1n) is 5.67. The summed E-state index contributed by atoms with van der Waals surface area (Å²) in [5, 5.41) is 0. The lowest BCUT2D eigenvalue weighted by Crippen LogP contribution is -2.47. The fourth-order valence-corrected chi connectivity index (χ4v) is 3.05. The molecule has 1 saturated heterocycles. The number of likely N-dealkylation sites (tertiary alicyclic amines) is 1. The zero-order valence-corrected chi connectivity index (χ0v) is 9.00. The van der Waals surface area contributed by atoms with E-state index in [0.29, 0.717) is 12.5 Å². The topological polar surface area (TPSA) is 42.3 Å². The lowest BCUT2D eigenvalue weighted by Gasteiger charge is -2.41. The van der Waals surface area contributed by atoms with E-state index in [0.717, 1.165) is 31.5 Å². The van der Waals surface area contributed by atoms with E-state index in [1.165, 1.54) is 0 Å². The van der Waals surface area contributed by atoms with E-state index in [1.54, 1.807) is 11.0 Å². The van der Waals surface area contributed by atoms with Gasteiger partial charge < -0.3 is 9.47 Å². The molecule has 1 aromatic heterocycles. The molecule has 1 aromatic rings. The van der Waals surface area contributed by atoms with Crippen molar-refractivity contribution in [3.05, 3.63) is 34.2 Å². The van der Waals surface area contributed by atoms with Crippen molar-refractivity contribution in [1.29, 1.82) is 0 Å². The van der Waals surface area contributed by atoms with Crippen LogP contribution in [-0.4, -0.2) is 29.0 Å². The molecule has 0 aromatic carbocycles. The smallest absolute Gasteiger partial charge is 0.251 e. The summed E-state index contributed by atoms with van der Waals surface area (Å²) < 4.78 is 1.87. The van der Waals surface area contributed by atoms with Gasteiger partial charge in [-0.2, -0.15) is 0 Å². The van der Waals surface area contributed by atoms with Crippen molar-refractivity contribution in [2.75, 3.05) is 13.1 Å². The number of carbonyl (C=O) groups excluding carboxylic acids is 1. The number of amides is 1. The number of aromatic nitrogens is 1. The second-order valence-corrected chi connectivity index (χ2v) is 4.74. The highest BCUT2D eigenvalue weighted by molar-refractivity contribution is 5.47. The maximum Gasteiger partial charge on any atom is 0.251 e. The fourth-order valence-electron chi connectivity index (χ4n) is 3.05. The van der Waals surface area contributed by atoms with Crippen molar-refractivity contribution in [2.45, 2.75) is 18.9 Å². The third kappa shape index (κ3) is 1.37. The third-order valence-electron chi connectivity index (χ3n) is 3.63. The Kier molecular flexibility index (Phi) is 2.09. The maximum atomic E-state index is 11.8. The van der Waals surface area contributed by atoms with Gasteiger partial charge in [-0.25, -0.2) is 0 Å². The molecule has 16 heavy (non-hydrogen) atoms. The molecule has 0 radical (unpaired) electrons. The summed E-state index contributed by atoms with van der Waals surface area (Å²) in [5.41, 5.74) is 1.19. The average Bonchev–Trinajstić information content (AvgIpc) is 2.28. The second-order valence-electron chi connectivity index (χ2n) is 4.74. The Morgan fingerprint density at radius 2 is 2.19 bits per heavy atom. The predicted octanol–water partition coefficient (Wildman–Crippen LogP) is 0.424. The van der Waals surface area contributed by atoms with Crippen LogP contribution in [0.5, 0.6) is 0 Å². The van der Waals surface area contributed by atoms with Crippen molar-refractivity contribution in [3.63, 3.8) is 0 Å². The maximum absolute atomic E-state index is 11.8. The largest absolute Gasteiger partial charge is 0.343 e. The number of piperidine rings is 1. The minimum atomic E-state index is 0.0636. The summed E-state index contributed by atoms with van der Waals surface area (Å²) in [6.07, 6.45) is 2.84. The minimum absolute atomic E-state index is 0.0636. The first-order chi connectivity index (χ1) is 7.78. The van der Waals surface area contributed by atoms with Crippen LogP contribution in [-0.2, 0) is 11.2 Å². The molecule has 3 heterocycles. The van der Waals surface area contributed by atoms with Crippen LogP contribution >= 0.6 is 0 Å².